The summed E-state index contributed by atoms with van der Waals surface area (Å²) in [6, 6.07) is 5.11. The van der Waals surface area contributed by atoms with E-state index in [0.717, 1.165) is 5.56 Å². The monoisotopic (exact) mass is 379 g/mol. The van der Waals surface area contributed by atoms with Crippen molar-refractivity contribution >= 4 is 11.8 Å². The third kappa shape index (κ3) is 5.33. The number of aliphatic hydroxyl groups excluding tert-OH is 1. The predicted molar refractivity (Wildman–Crippen MR) is 101 cm³/mol. The van der Waals surface area contributed by atoms with Gasteiger partial charge in [0.15, 0.2) is 11.5 Å². The van der Waals surface area contributed by atoms with E-state index in [-0.39, 0.29) is 31.4 Å². The normalized spacial score (nSPS) is 17.3. The molecular formula is C19H29N3O5. The second-order valence-corrected chi connectivity index (χ2v) is 6.37. The maximum atomic E-state index is 12.5. The average molecular weight is 379 g/mol. The van der Waals surface area contributed by atoms with Gasteiger partial charge < -0.3 is 24.8 Å². The van der Waals surface area contributed by atoms with E-state index in [1.807, 2.05) is 30.0 Å². The number of carbonyl (C=O) groups is 2. The molecule has 1 atom stereocenters. The number of rotatable bonds is 9. The molecule has 2 rings (SSSR count). The summed E-state index contributed by atoms with van der Waals surface area (Å²) in [5.74, 6) is 0.997. The Bertz CT molecular complexity index is 652. The molecule has 0 saturated carbocycles. The molecule has 1 aliphatic heterocycles. The SMILES string of the molecule is CCN(CCO)C(=O)CC1C(=O)NCCN1Cc1ccc(OC)c(OC)c1. The van der Waals surface area contributed by atoms with Gasteiger partial charge in [0.1, 0.15) is 0 Å². The zero-order chi connectivity index (χ0) is 19.8. The first kappa shape index (κ1) is 21.0. The molecule has 1 unspecified atom stereocenters. The van der Waals surface area contributed by atoms with Crippen molar-refractivity contribution in [2.75, 3.05) is 47.0 Å². The summed E-state index contributed by atoms with van der Waals surface area (Å²) in [6.45, 7) is 4.28. The number of aliphatic hydroxyl groups is 1. The van der Waals surface area contributed by atoms with Crippen LogP contribution in [0.4, 0.5) is 0 Å². The number of nitrogens with zero attached hydrogens (tertiary/aromatic N) is 2. The highest BCUT2D eigenvalue weighted by atomic mass is 16.5. The summed E-state index contributed by atoms with van der Waals surface area (Å²) in [5, 5.41) is 11.9. The number of ether oxygens (including phenoxy) is 2. The molecule has 0 aromatic heterocycles. The first-order chi connectivity index (χ1) is 13.0. The van der Waals surface area contributed by atoms with Crippen LogP contribution in [0.15, 0.2) is 18.2 Å². The minimum Gasteiger partial charge on any atom is -0.493 e. The zero-order valence-corrected chi connectivity index (χ0v) is 16.2. The van der Waals surface area contributed by atoms with E-state index in [4.69, 9.17) is 14.6 Å². The predicted octanol–water partition coefficient (Wildman–Crippen LogP) is 0.235. The Morgan fingerprint density at radius 3 is 2.70 bits per heavy atom. The molecule has 1 heterocycles. The number of likely N-dealkylation sites (N-methyl/N-ethyl adjacent to an activating group) is 1. The Kier molecular flexibility index (Phi) is 7.87. The van der Waals surface area contributed by atoms with Gasteiger partial charge in [-0.15, -0.1) is 0 Å². The average Bonchev–Trinajstić information content (AvgIpc) is 2.68. The molecule has 27 heavy (non-hydrogen) atoms. The minimum atomic E-state index is -0.535. The fraction of sp³-hybridized carbons (Fsp3) is 0.579. The fourth-order valence-corrected chi connectivity index (χ4v) is 3.26. The molecule has 8 nitrogen and oxygen atoms in total. The van der Waals surface area contributed by atoms with Crippen molar-refractivity contribution in [2.45, 2.75) is 25.9 Å². The third-order valence-corrected chi connectivity index (χ3v) is 4.75. The molecule has 1 saturated heterocycles. The molecule has 1 fully saturated rings. The highest BCUT2D eigenvalue weighted by Crippen LogP contribution is 2.28. The van der Waals surface area contributed by atoms with E-state index in [9.17, 15) is 9.59 Å². The fourth-order valence-electron chi connectivity index (χ4n) is 3.26. The van der Waals surface area contributed by atoms with Crippen LogP contribution in [0.3, 0.4) is 0 Å². The van der Waals surface area contributed by atoms with Gasteiger partial charge in [-0.1, -0.05) is 6.07 Å². The van der Waals surface area contributed by atoms with Crippen molar-refractivity contribution in [2.24, 2.45) is 0 Å². The Hall–Kier alpha value is -2.32. The van der Waals surface area contributed by atoms with E-state index in [2.05, 4.69) is 5.32 Å². The lowest BCUT2D eigenvalue weighted by Gasteiger charge is -2.35. The molecule has 0 bridgehead atoms. The van der Waals surface area contributed by atoms with Gasteiger partial charge in [-0.05, 0) is 24.6 Å². The van der Waals surface area contributed by atoms with Crippen molar-refractivity contribution < 1.29 is 24.2 Å². The standard InChI is InChI=1S/C19H29N3O5/c1-4-21(9-10-23)18(24)12-15-19(25)20-7-8-22(15)13-14-5-6-16(26-2)17(11-14)27-3/h5-6,11,15,23H,4,7-10,12-13H2,1-3H3,(H,20,25). The summed E-state index contributed by atoms with van der Waals surface area (Å²) < 4.78 is 10.6. The smallest absolute Gasteiger partial charge is 0.237 e. The quantitative estimate of drug-likeness (QED) is 0.639. The summed E-state index contributed by atoms with van der Waals surface area (Å²) >= 11 is 0. The number of benzene rings is 1. The molecule has 1 aliphatic rings. The van der Waals surface area contributed by atoms with Gasteiger partial charge in [0.2, 0.25) is 11.8 Å². The van der Waals surface area contributed by atoms with Crippen LogP contribution >= 0.6 is 0 Å². The first-order valence-corrected chi connectivity index (χ1v) is 9.15. The Morgan fingerprint density at radius 1 is 1.33 bits per heavy atom. The maximum Gasteiger partial charge on any atom is 0.237 e. The molecule has 0 radical (unpaired) electrons. The minimum absolute atomic E-state index is 0.0902. The summed E-state index contributed by atoms with van der Waals surface area (Å²) in [4.78, 5) is 28.5. The van der Waals surface area contributed by atoms with Crippen LogP contribution in [-0.4, -0.2) is 79.8 Å². The van der Waals surface area contributed by atoms with Crippen molar-refractivity contribution in [1.29, 1.82) is 0 Å². The lowest BCUT2D eigenvalue weighted by molar-refractivity contribution is -0.139. The lowest BCUT2D eigenvalue weighted by Crippen LogP contribution is -2.56. The number of hydrogen-bond acceptors (Lipinski definition) is 6. The van der Waals surface area contributed by atoms with E-state index in [1.165, 1.54) is 0 Å². The van der Waals surface area contributed by atoms with Crippen LogP contribution < -0.4 is 14.8 Å². The summed E-state index contributed by atoms with van der Waals surface area (Å²) in [6.07, 6.45) is 0.0902. The molecule has 0 spiro atoms. The molecular weight excluding hydrogens is 350 g/mol. The van der Waals surface area contributed by atoms with Crippen LogP contribution in [0.2, 0.25) is 0 Å². The molecule has 2 amide bonds. The second kappa shape index (κ2) is 10.1. The number of hydrogen-bond donors (Lipinski definition) is 2. The number of piperazine rings is 1. The third-order valence-electron chi connectivity index (χ3n) is 4.75. The number of amides is 2. The van der Waals surface area contributed by atoms with Crippen molar-refractivity contribution in [1.82, 2.24) is 15.1 Å². The molecule has 2 N–H and O–H groups in total. The molecule has 8 heteroatoms. The lowest BCUT2D eigenvalue weighted by atomic mass is 10.1. The highest BCUT2D eigenvalue weighted by molar-refractivity contribution is 5.88. The van der Waals surface area contributed by atoms with Gasteiger partial charge in [-0.25, -0.2) is 0 Å². The van der Waals surface area contributed by atoms with Gasteiger partial charge in [0.25, 0.3) is 0 Å². The van der Waals surface area contributed by atoms with E-state index < -0.39 is 6.04 Å². The summed E-state index contributed by atoms with van der Waals surface area (Å²) in [5.41, 5.74) is 0.975. The van der Waals surface area contributed by atoms with Gasteiger partial charge in [-0.3, -0.25) is 14.5 Å². The molecule has 1 aromatic rings. The van der Waals surface area contributed by atoms with Crippen molar-refractivity contribution in [3.8, 4) is 11.5 Å². The largest absolute Gasteiger partial charge is 0.493 e. The van der Waals surface area contributed by atoms with Gasteiger partial charge in [0.05, 0.1) is 33.3 Å². The van der Waals surface area contributed by atoms with E-state index >= 15 is 0 Å². The Labute approximate surface area is 160 Å². The highest BCUT2D eigenvalue weighted by Gasteiger charge is 2.32. The van der Waals surface area contributed by atoms with Crippen LogP contribution in [0.5, 0.6) is 11.5 Å². The van der Waals surface area contributed by atoms with Gasteiger partial charge >= 0.3 is 0 Å². The van der Waals surface area contributed by atoms with Gasteiger partial charge in [-0.2, -0.15) is 0 Å². The van der Waals surface area contributed by atoms with Crippen LogP contribution in [0, 0.1) is 0 Å². The topological polar surface area (TPSA) is 91.3 Å². The van der Waals surface area contributed by atoms with Crippen LogP contribution in [0.1, 0.15) is 18.9 Å². The second-order valence-electron chi connectivity index (χ2n) is 6.37. The van der Waals surface area contributed by atoms with Crippen LogP contribution in [-0.2, 0) is 16.1 Å². The van der Waals surface area contributed by atoms with Crippen molar-refractivity contribution in [3.63, 3.8) is 0 Å². The summed E-state index contributed by atoms with van der Waals surface area (Å²) in [7, 11) is 3.16. The zero-order valence-electron chi connectivity index (χ0n) is 16.2. The van der Waals surface area contributed by atoms with Crippen LogP contribution in [0.25, 0.3) is 0 Å². The Morgan fingerprint density at radius 2 is 2.07 bits per heavy atom. The number of carbonyl (C=O) groups excluding carboxylic acids is 2. The maximum absolute atomic E-state index is 12.5. The van der Waals surface area contributed by atoms with E-state index in [1.54, 1.807) is 19.1 Å². The molecule has 0 aliphatic carbocycles. The molecule has 150 valence electrons. The number of methoxy groups -OCH3 is 2. The first-order valence-electron chi connectivity index (χ1n) is 9.15. The van der Waals surface area contributed by atoms with E-state index in [0.29, 0.717) is 37.7 Å². The van der Waals surface area contributed by atoms with Gasteiger partial charge in [0, 0.05) is 32.7 Å². The molecule has 1 aromatic carbocycles. The number of nitrogens with one attached hydrogen (secondary N) is 1. The van der Waals surface area contributed by atoms with Crippen molar-refractivity contribution in [3.05, 3.63) is 23.8 Å². The Balaban J connectivity index is 2.13.